The molecule has 1 aromatic carbocycles. The highest BCUT2D eigenvalue weighted by Gasteiger charge is 2.10. The molecule has 4 aromatic rings. The second kappa shape index (κ2) is 7.12. The van der Waals surface area contributed by atoms with E-state index in [9.17, 15) is 9.59 Å². The monoisotopic (exact) mass is 361 g/mol. The van der Waals surface area contributed by atoms with Crippen molar-refractivity contribution in [2.75, 3.05) is 11.9 Å². The maximum atomic E-state index is 12.0. The Balaban J connectivity index is 1.37. The van der Waals surface area contributed by atoms with Crippen LogP contribution in [0.5, 0.6) is 0 Å². The van der Waals surface area contributed by atoms with Crippen LogP contribution in [0.15, 0.2) is 71.7 Å². The molecule has 0 saturated carbocycles. The first-order valence-corrected chi connectivity index (χ1v) is 8.21. The van der Waals surface area contributed by atoms with Gasteiger partial charge in [0.05, 0.1) is 18.5 Å². The molecule has 3 heterocycles. The molecule has 27 heavy (non-hydrogen) atoms. The Morgan fingerprint density at radius 1 is 1.11 bits per heavy atom. The number of carbonyl (C=O) groups is 2. The third-order valence-electron chi connectivity index (χ3n) is 3.85. The van der Waals surface area contributed by atoms with Gasteiger partial charge in [-0.2, -0.15) is 0 Å². The predicted octanol–water partition coefficient (Wildman–Crippen LogP) is 2.36. The van der Waals surface area contributed by atoms with Gasteiger partial charge >= 0.3 is 0 Å². The van der Waals surface area contributed by atoms with Crippen molar-refractivity contribution in [3.8, 4) is 11.3 Å². The smallest absolute Gasteiger partial charge is 0.287 e. The van der Waals surface area contributed by atoms with E-state index in [0.29, 0.717) is 11.5 Å². The van der Waals surface area contributed by atoms with Gasteiger partial charge in [-0.05, 0) is 30.3 Å². The first-order chi connectivity index (χ1) is 13.2. The summed E-state index contributed by atoms with van der Waals surface area (Å²) in [7, 11) is 0. The number of aromatic nitrogens is 3. The van der Waals surface area contributed by atoms with E-state index in [1.165, 1.54) is 12.3 Å². The molecule has 0 bridgehead atoms. The van der Waals surface area contributed by atoms with Crippen molar-refractivity contribution in [3.05, 3.63) is 73.1 Å². The van der Waals surface area contributed by atoms with Gasteiger partial charge < -0.3 is 15.1 Å². The molecule has 0 unspecified atom stereocenters. The fourth-order valence-corrected chi connectivity index (χ4v) is 2.55. The van der Waals surface area contributed by atoms with Crippen molar-refractivity contribution in [2.24, 2.45) is 0 Å². The summed E-state index contributed by atoms with van der Waals surface area (Å²) < 4.78 is 6.81. The van der Waals surface area contributed by atoms with Gasteiger partial charge in [0.15, 0.2) is 5.76 Å². The molecule has 0 saturated heterocycles. The maximum absolute atomic E-state index is 12.0. The number of carbonyl (C=O) groups excluding carboxylic acids is 2. The van der Waals surface area contributed by atoms with Crippen LogP contribution in [-0.4, -0.2) is 32.7 Å². The van der Waals surface area contributed by atoms with Gasteiger partial charge in [-0.3, -0.25) is 14.0 Å². The Bertz CT molecular complexity index is 1050. The van der Waals surface area contributed by atoms with Crippen LogP contribution in [0.3, 0.4) is 0 Å². The molecule has 8 nitrogen and oxygen atoms in total. The molecule has 134 valence electrons. The number of imidazole rings is 1. The summed E-state index contributed by atoms with van der Waals surface area (Å²) in [5.74, 6) is 0.0109. The normalized spacial score (nSPS) is 10.7. The highest BCUT2D eigenvalue weighted by molar-refractivity contribution is 5.98. The molecule has 0 atom stereocenters. The average Bonchev–Trinajstić information content (AvgIpc) is 3.36. The van der Waals surface area contributed by atoms with Crippen molar-refractivity contribution in [1.29, 1.82) is 0 Å². The van der Waals surface area contributed by atoms with Crippen LogP contribution in [0.1, 0.15) is 10.6 Å². The van der Waals surface area contributed by atoms with Crippen molar-refractivity contribution in [2.45, 2.75) is 0 Å². The number of hydrogen-bond donors (Lipinski definition) is 2. The second-order valence-electron chi connectivity index (χ2n) is 5.74. The van der Waals surface area contributed by atoms with Crippen molar-refractivity contribution in [3.63, 3.8) is 0 Å². The molecule has 0 fully saturated rings. The highest BCUT2D eigenvalue weighted by Crippen LogP contribution is 2.20. The van der Waals surface area contributed by atoms with Crippen LogP contribution >= 0.6 is 0 Å². The molecule has 3 aromatic heterocycles. The fourth-order valence-electron chi connectivity index (χ4n) is 2.55. The summed E-state index contributed by atoms with van der Waals surface area (Å²) in [6.45, 7) is -0.153. The number of benzene rings is 1. The topological polar surface area (TPSA) is 102 Å². The van der Waals surface area contributed by atoms with Crippen LogP contribution in [0, 0.1) is 0 Å². The van der Waals surface area contributed by atoms with Crippen LogP contribution in [-0.2, 0) is 4.79 Å². The highest BCUT2D eigenvalue weighted by atomic mass is 16.3. The minimum Gasteiger partial charge on any atom is -0.459 e. The Morgan fingerprint density at radius 2 is 1.96 bits per heavy atom. The fraction of sp³-hybridized carbons (Fsp3) is 0.0526. The summed E-state index contributed by atoms with van der Waals surface area (Å²) in [5.41, 5.74) is 2.32. The number of nitrogens with one attached hydrogen (secondary N) is 2. The third kappa shape index (κ3) is 3.69. The van der Waals surface area contributed by atoms with Crippen molar-refractivity contribution in [1.82, 2.24) is 19.7 Å². The standard InChI is InChI=1S/C19H15N5O3/c25-17(11-21-18(26)16-3-1-10-27-16)22-14-6-4-13(5-7-14)15-12-24-9-2-8-20-19(24)23-15/h1-10,12H,11H2,(H,21,26)(H,22,25). The van der Waals surface area contributed by atoms with Gasteiger partial charge in [0, 0.05) is 29.8 Å². The van der Waals surface area contributed by atoms with E-state index in [0.717, 1.165) is 11.3 Å². The molecule has 0 spiro atoms. The quantitative estimate of drug-likeness (QED) is 0.568. The summed E-state index contributed by atoms with van der Waals surface area (Å²) in [4.78, 5) is 32.4. The number of rotatable bonds is 5. The number of fused-ring (bicyclic) bond motifs is 1. The molecule has 4 rings (SSSR count). The molecule has 0 aliphatic heterocycles. The summed E-state index contributed by atoms with van der Waals surface area (Å²) in [6.07, 6.45) is 6.86. The van der Waals surface area contributed by atoms with E-state index in [-0.39, 0.29) is 18.2 Å². The molecule has 2 amide bonds. The SMILES string of the molecule is O=C(CNC(=O)c1ccco1)Nc1ccc(-c2cn3cccnc3n2)cc1. The Hall–Kier alpha value is -3.94. The lowest BCUT2D eigenvalue weighted by Crippen LogP contribution is -2.32. The lowest BCUT2D eigenvalue weighted by molar-refractivity contribution is -0.115. The number of furan rings is 1. The molecule has 0 aliphatic carbocycles. The molecule has 0 aliphatic rings. The Morgan fingerprint density at radius 3 is 2.70 bits per heavy atom. The molecule has 0 radical (unpaired) electrons. The summed E-state index contributed by atoms with van der Waals surface area (Å²) in [5, 5.41) is 5.22. The van der Waals surface area contributed by atoms with Crippen LogP contribution in [0.2, 0.25) is 0 Å². The molecule has 8 heteroatoms. The van der Waals surface area contributed by atoms with E-state index < -0.39 is 5.91 Å². The van der Waals surface area contributed by atoms with Crippen LogP contribution < -0.4 is 10.6 Å². The van der Waals surface area contributed by atoms with Gasteiger partial charge in [0.1, 0.15) is 0 Å². The van der Waals surface area contributed by atoms with E-state index in [1.807, 2.05) is 35.0 Å². The lowest BCUT2D eigenvalue weighted by Gasteiger charge is -2.06. The maximum Gasteiger partial charge on any atom is 0.287 e. The molecular formula is C19H15N5O3. The Kier molecular flexibility index (Phi) is 4.36. The minimum absolute atomic E-state index is 0.153. The van der Waals surface area contributed by atoms with Crippen molar-refractivity contribution < 1.29 is 14.0 Å². The zero-order chi connectivity index (χ0) is 18.6. The first kappa shape index (κ1) is 16.5. The van der Waals surface area contributed by atoms with Gasteiger partial charge in [-0.1, -0.05) is 12.1 Å². The summed E-state index contributed by atoms with van der Waals surface area (Å²) in [6, 6.07) is 12.2. The van der Waals surface area contributed by atoms with Crippen LogP contribution in [0.4, 0.5) is 5.69 Å². The van der Waals surface area contributed by atoms with E-state index in [1.54, 1.807) is 24.4 Å². The van der Waals surface area contributed by atoms with Crippen molar-refractivity contribution >= 4 is 23.3 Å². The van der Waals surface area contributed by atoms with Gasteiger partial charge in [0.25, 0.3) is 5.91 Å². The van der Waals surface area contributed by atoms with E-state index >= 15 is 0 Å². The number of amides is 2. The number of hydrogen-bond acceptors (Lipinski definition) is 5. The zero-order valence-electron chi connectivity index (χ0n) is 14.1. The second-order valence-corrected chi connectivity index (χ2v) is 5.74. The van der Waals surface area contributed by atoms with Gasteiger partial charge in [-0.15, -0.1) is 0 Å². The van der Waals surface area contributed by atoms with Crippen LogP contribution in [0.25, 0.3) is 17.0 Å². The largest absolute Gasteiger partial charge is 0.459 e. The molecular weight excluding hydrogens is 346 g/mol. The first-order valence-electron chi connectivity index (χ1n) is 8.21. The third-order valence-corrected chi connectivity index (χ3v) is 3.85. The van der Waals surface area contributed by atoms with E-state index in [4.69, 9.17) is 4.42 Å². The number of nitrogens with zero attached hydrogens (tertiary/aromatic N) is 3. The minimum atomic E-state index is -0.439. The average molecular weight is 361 g/mol. The number of anilines is 1. The summed E-state index contributed by atoms with van der Waals surface area (Å²) >= 11 is 0. The lowest BCUT2D eigenvalue weighted by atomic mass is 10.1. The van der Waals surface area contributed by atoms with Gasteiger partial charge in [-0.25, -0.2) is 9.97 Å². The molecule has 2 N–H and O–H groups in total. The van der Waals surface area contributed by atoms with E-state index in [2.05, 4.69) is 20.6 Å². The zero-order valence-corrected chi connectivity index (χ0v) is 14.1. The van der Waals surface area contributed by atoms with Gasteiger partial charge in [0.2, 0.25) is 11.7 Å². The Labute approximate surface area is 153 Å². The predicted molar refractivity (Wildman–Crippen MR) is 98.1 cm³/mol.